The lowest BCUT2D eigenvalue weighted by molar-refractivity contribution is 0.120. The van der Waals surface area contributed by atoms with Gasteiger partial charge in [0.2, 0.25) is 6.43 Å². The van der Waals surface area contributed by atoms with E-state index >= 15 is 0 Å². The van der Waals surface area contributed by atoms with Gasteiger partial charge in [0, 0.05) is 29.6 Å². The Bertz CT molecular complexity index is 1290. The van der Waals surface area contributed by atoms with Gasteiger partial charge in [0.25, 0.3) is 0 Å². The lowest BCUT2D eigenvalue weighted by Crippen LogP contribution is -2.23. The fourth-order valence-corrected chi connectivity index (χ4v) is 6.33. The Labute approximate surface area is 239 Å². The van der Waals surface area contributed by atoms with Crippen molar-refractivity contribution in [2.75, 3.05) is 19.6 Å². The molecule has 0 aromatic heterocycles. The Kier molecular flexibility index (Phi) is 9.75. The number of phenols is 1. The molecule has 1 aliphatic carbocycles. The number of aromatic hydroxyl groups is 1. The molecular formula is C31H32Cl3F2NO. The minimum Gasteiger partial charge on any atom is -0.508 e. The molecule has 5 rings (SSSR count). The topological polar surface area (TPSA) is 23.5 Å². The molecule has 0 amide bonds. The molecule has 1 fully saturated rings. The third kappa shape index (κ3) is 6.71. The molecule has 1 heterocycles. The van der Waals surface area contributed by atoms with Crippen LogP contribution in [0.2, 0.25) is 10.0 Å². The molecule has 0 saturated carbocycles. The standard InChI is InChI=1S/C31H31Cl2F2NO.ClH/c32-24-8-10-27(29(33)18-24)28-3-1-2-23-17-25(37)9-11-26(23)31(28)22-6-4-20(5-7-22)16-21-12-14-36(19-21)15-13-30(34)35;/h4-11,17-18,21,30,37H,1-3,12-16,19H2;1H. The zero-order valence-corrected chi connectivity index (χ0v) is 23.4. The monoisotopic (exact) mass is 577 g/mol. The van der Waals surface area contributed by atoms with E-state index in [1.807, 2.05) is 24.3 Å². The van der Waals surface area contributed by atoms with Crippen LogP contribution in [0.15, 0.2) is 60.7 Å². The molecule has 2 aliphatic rings. The van der Waals surface area contributed by atoms with Crippen LogP contribution in [0, 0.1) is 5.92 Å². The van der Waals surface area contributed by atoms with Crippen LogP contribution in [-0.2, 0) is 12.8 Å². The highest BCUT2D eigenvalue weighted by Crippen LogP contribution is 2.43. The summed E-state index contributed by atoms with van der Waals surface area (Å²) in [5, 5.41) is 11.4. The number of phenolic OH excluding ortho intramolecular Hbond substituents is 1. The summed E-state index contributed by atoms with van der Waals surface area (Å²) in [6.07, 6.45) is 2.42. The Morgan fingerprint density at radius 3 is 2.45 bits per heavy atom. The SMILES string of the molecule is Cl.Oc1ccc2c(c1)CCCC(c1ccc(Cl)cc1Cl)=C2c1ccc(CC2CCN(CCC(F)F)C2)cc1. The van der Waals surface area contributed by atoms with Crippen molar-refractivity contribution in [3.05, 3.63) is 98.5 Å². The molecule has 2 nitrogen and oxygen atoms in total. The number of hydrogen-bond donors (Lipinski definition) is 1. The summed E-state index contributed by atoms with van der Waals surface area (Å²) >= 11 is 12.9. The Morgan fingerprint density at radius 1 is 0.947 bits per heavy atom. The fraction of sp³-hybridized carbons (Fsp3) is 0.355. The zero-order chi connectivity index (χ0) is 25.9. The summed E-state index contributed by atoms with van der Waals surface area (Å²) in [6.45, 7) is 2.26. The number of allylic oxidation sites excluding steroid dienone is 1. The van der Waals surface area contributed by atoms with E-state index in [2.05, 4.69) is 29.2 Å². The minimum atomic E-state index is -2.23. The van der Waals surface area contributed by atoms with Gasteiger partial charge in [0.1, 0.15) is 5.75 Å². The summed E-state index contributed by atoms with van der Waals surface area (Å²) in [4.78, 5) is 2.16. The molecular weight excluding hydrogens is 547 g/mol. The fourth-order valence-electron chi connectivity index (χ4n) is 5.81. The van der Waals surface area contributed by atoms with Gasteiger partial charge in [-0.15, -0.1) is 12.4 Å². The molecule has 38 heavy (non-hydrogen) atoms. The van der Waals surface area contributed by atoms with E-state index in [4.69, 9.17) is 23.2 Å². The highest BCUT2D eigenvalue weighted by atomic mass is 35.5. The highest BCUT2D eigenvalue weighted by Gasteiger charge is 2.24. The first-order chi connectivity index (χ1) is 17.9. The molecule has 0 spiro atoms. The van der Waals surface area contributed by atoms with Crippen LogP contribution < -0.4 is 0 Å². The third-order valence-corrected chi connectivity index (χ3v) is 8.14. The number of likely N-dealkylation sites (tertiary alicyclic amines) is 1. The van der Waals surface area contributed by atoms with Gasteiger partial charge in [-0.1, -0.05) is 59.6 Å². The average molecular weight is 579 g/mol. The van der Waals surface area contributed by atoms with E-state index in [9.17, 15) is 13.9 Å². The molecule has 3 aromatic rings. The van der Waals surface area contributed by atoms with Crippen LogP contribution in [-0.4, -0.2) is 36.1 Å². The van der Waals surface area contributed by atoms with Gasteiger partial charge in [-0.2, -0.15) is 0 Å². The van der Waals surface area contributed by atoms with E-state index < -0.39 is 6.43 Å². The number of nitrogens with zero attached hydrogens (tertiary/aromatic N) is 1. The molecule has 1 atom stereocenters. The van der Waals surface area contributed by atoms with Gasteiger partial charge in [-0.25, -0.2) is 8.78 Å². The average Bonchev–Trinajstić information content (AvgIpc) is 3.23. The van der Waals surface area contributed by atoms with Crippen LogP contribution in [0.25, 0.3) is 11.1 Å². The number of hydrogen-bond acceptors (Lipinski definition) is 2. The van der Waals surface area contributed by atoms with Crippen molar-refractivity contribution in [2.45, 2.75) is 45.0 Å². The molecule has 1 aliphatic heterocycles. The van der Waals surface area contributed by atoms with E-state index in [1.165, 1.54) is 11.1 Å². The third-order valence-electron chi connectivity index (χ3n) is 7.59. The molecule has 0 radical (unpaired) electrons. The summed E-state index contributed by atoms with van der Waals surface area (Å²) in [5.74, 6) is 0.772. The summed E-state index contributed by atoms with van der Waals surface area (Å²) in [7, 11) is 0. The van der Waals surface area contributed by atoms with Gasteiger partial charge < -0.3 is 10.0 Å². The second kappa shape index (κ2) is 12.8. The van der Waals surface area contributed by atoms with Crippen LogP contribution in [0.4, 0.5) is 8.78 Å². The molecule has 0 bridgehead atoms. The van der Waals surface area contributed by atoms with E-state index in [0.717, 1.165) is 73.0 Å². The predicted molar refractivity (Wildman–Crippen MR) is 156 cm³/mol. The number of rotatable bonds is 7. The molecule has 3 aromatic carbocycles. The normalized spacial score (nSPS) is 17.9. The van der Waals surface area contributed by atoms with Crippen LogP contribution in [0.5, 0.6) is 5.75 Å². The van der Waals surface area contributed by atoms with Crippen molar-refractivity contribution in [3.8, 4) is 5.75 Å². The minimum absolute atomic E-state index is 0. The first-order valence-electron chi connectivity index (χ1n) is 13.0. The van der Waals surface area contributed by atoms with Crippen molar-refractivity contribution in [1.82, 2.24) is 4.90 Å². The quantitative estimate of drug-likeness (QED) is 0.302. The zero-order valence-electron chi connectivity index (χ0n) is 21.1. The van der Waals surface area contributed by atoms with Crippen LogP contribution >= 0.6 is 35.6 Å². The summed E-state index contributed by atoms with van der Waals surface area (Å²) < 4.78 is 25.2. The number of fused-ring (bicyclic) bond motifs is 1. The Balaban J connectivity index is 0.00000336. The Morgan fingerprint density at radius 2 is 1.71 bits per heavy atom. The molecule has 7 heteroatoms. The van der Waals surface area contributed by atoms with Gasteiger partial charge in [0.15, 0.2) is 0 Å². The van der Waals surface area contributed by atoms with Crippen molar-refractivity contribution < 1.29 is 13.9 Å². The molecule has 1 saturated heterocycles. The van der Waals surface area contributed by atoms with Crippen LogP contribution in [0.3, 0.4) is 0 Å². The van der Waals surface area contributed by atoms with Crippen molar-refractivity contribution in [3.63, 3.8) is 0 Å². The highest BCUT2D eigenvalue weighted by molar-refractivity contribution is 6.36. The molecule has 202 valence electrons. The number of benzene rings is 3. The largest absolute Gasteiger partial charge is 0.508 e. The van der Waals surface area contributed by atoms with Gasteiger partial charge in [-0.05, 0) is 108 Å². The maximum Gasteiger partial charge on any atom is 0.239 e. The smallest absolute Gasteiger partial charge is 0.239 e. The van der Waals surface area contributed by atoms with E-state index in [-0.39, 0.29) is 24.6 Å². The number of alkyl halides is 2. The van der Waals surface area contributed by atoms with E-state index in [0.29, 0.717) is 22.5 Å². The summed E-state index contributed by atoms with van der Waals surface area (Å²) in [5.41, 5.74) is 7.94. The molecule has 1 N–H and O–H groups in total. The van der Waals surface area contributed by atoms with E-state index in [1.54, 1.807) is 12.1 Å². The summed E-state index contributed by atoms with van der Waals surface area (Å²) in [6, 6.07) is 20.0. The number of halogens is 5. The lowest BCUT2D eigenvalue weighted by atomic mass is 9.87. The maximum absolute atomic E-state index is 12.6. The second-order valence-electron chi connectivity index (χ2n) is 10.2. The Hall–Kier alpha value is -2.11. The van der Waals surface area contributed by atoms with Crippen molar-refractivity contribution in [2.24, 2.45) is 5.92 Å². The first-order valence-corrected chi connectivity index (χ1v) is 13.7. The second-order valence-corrected chi connectivity index (χ2v) is 11.1. The van der Waals surface area contributed by atoms with Gasteiger partial charge >= 0.3 is 0 Å². The van der Waals surface area contributed by atoms with Crippen LogP contribution in [0.1, 0.15) is 53.5 Å². The molecule has 1 unspecified atom stereocenters. The predicted octanol–water partition coefficient (Wildman–Crippen LogP) is 8.94. The van der Waals surface area contributed by atoms with Gasteiger partial charge in [-0.3, -0.25) is 0 Å². The van der Waals surface area contributed by atoms with Crippen molar-refractivity contribution >= 4 is 46.8 Å². The van der Waals surface area contributed by atoms with Gasteiger partial charge in [0.05, 0.1) is 0 Å². The number of aryl methyl sites for hydroxylation is 1. The van der Waals surface area contributed by atoms with Crippen molar-refractivity contribution in [1.29, 1.82) is 0 Å². The maximum atomic E-state index is 12.6. The first kappa shape index (κ1) is 28.9. The lowest BCUT2D eigenvalue weighted by Gasteiger charge is -2.18.